The molecule has 6 nitrogen and oxygen atoms in total. The van der Waals surface area contributed by atoms with E-state index in [4.69, 9.17) is 0 Å². The van der Waals surface area contributed by atoms with Gasteiger partial charge < -0.3 is 0 Å². The van der Waals surface area contributed by atoms with Crippen molar-refractivity contribution >= 4 is 35.0 Å². The van der Waals surface area contributed by atoms with Gasteiger partial charge in [-0.05, 0) is 25.4 Å². The molecule has 0 aliphatic heterocycles. The Balaban J connectivity index is 1.97. The highest BCUT2D eigenvalue weighted by molar-refractivity contribution is 7.11. The van der Waals surface area contributed by atoms with Crippen molar-refractivity contribution in [3.63, 3.8) is 0 Å². The number of thiazole rings is 1. The third-order valence-corrected chi connectivity index (χ3v) is 3.56. The number of aryl methyl sites for hydroxylation is 2. The Morgan fingerprint density at radius 3 is 2.94 bits per heavy atom. The second kappa shape index (κ2) is 5.11. The third-order valence-electron chi connectivity index (χ3n) is 1.84. The summed E-state index contributed by atoms with van der Waals surface area (Å²) in [6, 6.07) is 0. The average Bonchev–Trinajstić information content (AvgIpc) is 2.87. The second-order valence-electron chi connectivity index (χ2n) is 3.21. The molecule has 1 amide bonds. The molecule has 2 aromatic heterocycles. The number of nitrogens with zero attached hydrogens (tertiary/aromatic N) is 4. The first kappa shape index (κ1) is 11.8. The number of nitrogens with one attached hydrogen (secondary N) is 1. The average molecular weight is 267 g/mol. The predicted molar refractivity (Wildman–Crippen MR) is 66.6 cm³/mol. The summed E-state index contributed by atoms with van der Waals surface area (Å²) < 4.78 is 3.68. The van der Waals surface area contributed by atoms with Crippen LogP contribution in [-0.2, 0) is 0 Å². The van der Waals surface area contributed by atoms with Gasteiger partial charge in [0.15, 0.2) is 0 Å². The van der Waals surface area contributed by atoms with Crippen LogP contribution in [0.5, 0.6) is 0 Å². The molecular formula is C9H9N5OS2. The fourth-order valence-corrected chi connectivity index (χ4v) is 2.27. The van der Waals surface area contributed by atoms with Crippen molar-refractivity contribution in [1.29, 1.82) is 0 Å². The summed E-state index contributed by atoms with van der Waals surface area (Å²) in [6.45, 7) is 3.63. The van der Waals surface area contributed by atoms with E-state index >= 15 is 0 Å². The molecule has 8 heteroatoms. The van der Waals surface area contributed by atoms with Crippen molar-refractivity contribution in [3.8, 4) is 0 Å². The molecule has 0 aliphatic carbocycles. The highest BCUT2D eigenvalue weighted by atomic mass is 32.1. The summed E-state index contributed by atoms with van der Waals surface area (Å²) in [5, 5.41) is 10.2. The van der Waals surface area contributed by atoms with Crippen LogP contribution in [-0.4, -0.2) is 26.7 Å². The fraction of sp³-hybridized carbons (Fsp3) is 0.222. The van der Waals surface area contributed by atoms with Crippen LogP contribution in [0.25, 0.3) is 0 Å². The molecule has 1 N–H and O–H groups in total. The largest absolute Gasteiger partial charge is 0.285 e. The van der Waals surface area contributed by atoms with Gasteiger partial charge in [-0.3, -0.25) is 4.79 Å². The minimum atomic E-state index is -0.304. The maximum Gasteiger partial charge on any atom is 0.285 e. The molecule has 0 unspecified atom stereocenters. The van der Waals surface area contributed by atoms with Gasteiger partial charge in [0.2, 0.25) is 0 Å². The van der Waals surface area contributed by atoms with Crippen molar-refractivity contribution in [3.05, 3.63) is 26.7 Å². The zero-order valence-corrected chi connectivity index (χ0v) is 10.8. The summed E-state index contributed by atoms with van der Waals surface area (Å²) in [6.07, 6.45) is 1.51. The molecule has 2 heterocycles. The maximum absolute atomic E-state index is 11.6. The Labute approximate surface area is 106 Å². The van der Waals surface area contributed by atoms with Gasteiger partial charge in [-0.25, -0.2) is 10.4 Å². The van der Waals surface area contributed by atoms with Crippen LogP contribution in [0, 0.1) is 13.8 Å². The molecule has 0 saturated carbocycles. The van der Waals surface area contributed by atoms with E-state index in [0.717, 1.165) is 22.2 Å². The Morgan fingerprint density at radius 1 is 1.53 bits per heavy atom. The smallest absolute Gasteiger partial charge is 0.266 e. The minimum absolute atomic E-state index is 0.304. The van der Waals surface area contributed by atoms with Crippen LogP contribution >= 0.6 is 22.9 Å². The number of hydrogen-bond donors (Lipinski definition) is 1. The highest BCUT2D eigenvalue weighted by Gasteiger charge is 2.11. The van der Waals surface area contributed by atoms with Gasteiger partial charge in [-0.15, -0.1) is 16.4 Å². The first-order valence-electron chi connectivity index (χ1n) is 4.71. The van der Waals surface area contributed by atoms with E-state index < -0.39 is 0 Å². The molecule has 0 fully saturated rings. The van der Waals surface area contributed by atoms with Crippen molar-refractivity contribution < 1.29 is 4.79 Å². The van der Waals surface area contributed by atoms with Gasteiger partial charge in [-0.2, -0.15) is 5.10 Å². The molecule has 0 radical (unpaired) electrons. The number of hydrogen-bond acceptors (Lipinski definition) is 7. The fourth-order valence-electron chi connectivity index (χ4n) is 1.07. The first-order chi connectivity index (χ1) is 8.16. The summed E-state index contributed by atoms with van der Waals surface area (Å²) in [7, 11) is 0. The van der Waals surface area contributed by atoms with Gasteiger partial charge in [0, 0.05) is 11.1 Å². The molecule has 0 bridgehead atoms. The lowest BCUT2D eigenvalue weighted by Gasteiger charge is -1.94. The van der Waals surface area contributed by atoms with E-state index in [-0.39, 0.29) is 5.91 Å². The number of carbonyl (C=O) groups is 1. The molecular weight excluding hydrogens is 258 g/mol. The Morgan fingerprint density at radius 2 is 2.35 bits per heavy atom. The van der Waals surface area contributed by atoms with E-state index in [2.05, 4.69) is 25.1 Å². The molecule has 88 valence electrons. The Bertz CT molecular complexity index is 559. The molecule has 0 aromatic carbocycles. The summed E-state index contributed by atoms with van der Waals surface area (Å²) >= 11 is 2.52. The number of carbonyl (C=O) groups excluding carboxylic acids is 1. The summed E-state index contributed by atoms with van der Waals surface area (Å²) in [4.78, 5) is 16.3. The van der Waals surface area contributed by atoms with Gasteiger partial charge in [0.1, 0.15) is 9.88 Å². The molecule has 0 aliphatic rings. The Kier molecular flexibility index (Phi) is 3.55. The lowest BCUT2D eigenvalue weighted by atomic mass is 10.4. The van der Waals surface area contributed by atoms with Crippen molar-refractivity contribution in [2.45, 2.75) is 13.8 Å². The van der Waals surface area contributed by atoms with E-state index in [9.17, 15) is 4.79 Å². The summed E-state index contributed by atoms with van der Waals surface area (Å²) in [5.74, 6) is -0.304. The van der Waals surface area contributed by atoms with Gasteiger partial charge in [-0.1, -0.05) is 4.49 Å². The molecule has 2 rings (SSSR count). The number of aromatic nitrogens is 3. The van der Waals surface area contributed by atoms with E-state index in [0.29, 0.717) is 10.6 Å². The van der Waals surface area contributed by atoms with Gasteiger partial charge in [0.25, 0.3) is 5.91 Å². The van der Waals surface area contributed by atoms with E-state index in [1.165, 1.54) is 17.6 Å². The standard InChI is InChI=1S/C9H9N5OS2/c1-5-4-16-7(11-5)3-10-13-9(15)8-6(2)12-14-17-8/h3-4H,1-2H3,(H,13,15). The van der Waals surface area contributed by atoms with E-state index in [1.54, 1.807) is 6.92 Å². The van der Waals surface area contributed by atoms with Crippen LogP contribution in [0.2, 0.25) is 0 Å². The summed E-state index contributed by atoms with van der Waals surface area (Å²) in [5.41, 5.74) is 3.95. The minimum Gasteiger partial charge on any atom is -0.266 e. The van der Waals surface area contributed by atoms with Crippen molar-refractivity contribution in [2.75, 3.05) is 0 Å². The first-order valence-corrected chi connectivity index (χ1v) is 6.36. The normalized spacial score (nSPS) is 10.9. The van der Waals surface area contributed by atoms with Crippen LogP contribution in [0.3, 0.4) is 0 Å². The number of amides is 1. The molecule has 0 saturated heterocycles. The zero-order chi connectivity index (χ0) is 12.3. The number of hydrazone groups is 1. The Hall–Kier alpha value is -1.67. The number of rotatable bonds is 3. The molecule has 0 atom stereocenters. The molecule has 2 aromatic rings. The lowest BCUT2D eigenvalue weighted by molar-refractivity contribution is 0.0958. The van der Waals surface area contributed by atoms with E-state index in [1.807, 2.05) is 12.3 Å². The highest BCUT2D eigenvalue weighted by Crippen LogP contribution is 2.08. The van der Waals surface area contributed by atoms with Crippen LogP contribution in [0.15, 0.2) is 10.5 Å². The molecule has 17 heavy (non-hydrogen) atoms. The molecule has 0 spiro atoms. The lowest BCUT2D eigenvalue weighted by Crippen LogP contribution is -2.17. The van der Waals surface area contributed by atoms with Crippen molar-refractivity contribution in [1.82, 2.24) is 20.0 Å². The maximum atomic E-state index is 11.6. The second-order valence-corrected chi connectivity index (χ2v) is 4.86. The van der Waals surface area contributed by atoms with Gasteiger partial charge in [0.05, 0.1) is 11.9 Å². The quantitative estimate of drug-likeness (QED) is 0.673. The zero-order valence-electron chi connectivity index (χ0n) is 9.17. The topological polar surface area (TPSA) is 80.1 Å². The van der Waals surface area contributed by atoms with Crippen LogP contribution < -0.4 is 5.43 Å². The van der Waals surface area contributed by atoms with Crippen LogP contribution in [0.4, 0.5) is 0 Å². The monoisotopic (exact) mass is 267 g/mol. The van der Waals surface area contributed by atoms with Crippen LogP contribution in [0.1, 0.15) is 26.1 Å². The van der Waals surface area contributed by atoms with Crippen molar-refractivity contribution in [2.24, 2.45) is 5.10 Å². The predicted octanol–water partition coefficient (Wildman–Crippen LogP) is 1.38. The van der Waals surface area contributed by atoms with Gasteiger partial charge >= 0.3 is 0 Å². The third kappa shape index (κ3) is 2.92. The SMILES string of the molecule is Cc1csc(C=NNC(=O)c2snnc2C)n1.